The molecule has 0 unspecified atom stereocenters. The Morgan fingerprint density at radius 3 is 2.89 bits per heavy atom. The summed E-state index contributed by atoms with van der Waals surface area (Å²) in [6, 6.07) is 0. The monoisotopic (exact) mass is 268 g/mol. The first-order valence-corrected chi connectivity index (χ1v) is 6.06. The van der Waals surface area contributed by atoms with Crippen molar-refractivity contribution < 1.29 is 9.53 Å². The van der Waals surface area contributed by atoms with Crippen LogP contribution in [0.25, 0.3) is 0 Å². The lowest BCUT2D eigenvalue weighted by Crippen LogP contribution is -2.17. The van der Waals surface area contributed by atoms with E-state index in [9.17, 15) is 4.79 Å². The summed E-state index contributed by atoms with van der Waals surface area (Å²) in [6.45, 7) is 2.76. The largest absolute Gasteiger partial charge is 0.466 e. The van der Waals surface area contributed by atoms with Gasteiger partial charge in [-0.3, -0.25) is 4.79 Å². The van der Waals surface area contributed by atoms with Crippen LogP contribution in [0, 0.1) is 0 Å². The van der Waals surface area contributed by atoms with Crippen LogP contribution in [0.2, 0.25) is 0 Å². The first-order chi connectivity index (χ1) is 8.65. The second-order valence-corrected chi connectivity index (χ2v) is 3.89. The molecule has 7 heteroatoms. The van der Waals surface area contributed by atoms with Gasteiger partial charge in [0.1, 0.15) is 10.7 Å². The summed E-state index contributed by atoms with van der Waals surface area (Å²) in [4.78, 5) is 19.4. The first-order valence-electron chi connectivity index (χ1n) is 5.65. The number of nitrogens with one attached hydrogen (secondary N) is 1. The second-order valence-electron chi connectivity index (χ2n) is 3.45. The summed E-state index contributed by atoms with van der Waals surface area (Å²) in [7, 11) is 0. The summed E-state index contributed by atoms with van der Waals surface area (Å²) in [5, 5.41) is 3.04. The maximum atomic E-state index is 11.1. The van der Waals surface area contributed by atoms with E-state index >= 15 is 0 Å². The molecule has 0 bridgehead atoms. The third-order valence-corrected chi connectivity index (χ3v) is 2.28. The smallest absolute Gasteiger partial charge is 0.305 e. The van der Waals surface area contributed by atoms with Crippen molar-refractivity contribution in [3.05, 3.63) is 18.1 Å². The summed E-state index contributed by atoms with van der Waals surface area (Å²) < 4.78 is 4.82. The number of thiocarbonyl (C=S) groups is 1. The first kappa shape index (κ1) is 14.3. The number of esters is 1. The van der Waals surface area contributed by atoms with E-state index in [1.54, 1.807) is 13.1 Å². The van der Waals surface area contributed by atoms with Crippen molar-refractivity contribution in [2.75, 3.05) is 18.5 Å². The van der Waals surface area contributed by atoms with Crippen molar-refractivity contribution in [1.82, 2.24) is 9.97 Å². The number of ether oxygens (including phenoxy) is 1. The molecule has 0 aromatic carbocycles. The molecule has 0 saturated heterocycles. The normalized spacial score (nSPS) is 9.83. The van der Waals surface area contributed by atoms with E-state index in [-0.39, 0.29) is 11.0 Å². The maximum Gasteiger partial charge on any atom is 0.305 e. The lowest BCUT2D eigenvalue weighted by atomic mass is 10.3. The molecule has 3 N–H and O–H groups in total. The maximum absolute atomic E-state index is 11.1. The summed E-state index contributed by atoms with van der Waals surface area (Å²) in [5.41, 5.74) is 5.98. The van der Waals surface area contributed by atoms with Crippen molar-refractivity contribution in [2.24, 2.45) is 5.73 Å². The van der Waals surface area contributed by atoms with Crippen LogP contribution in [0.3, 0.4) is 0 Å². The molecule has 1 aromatic rings. The van der Waals surface area contributed by atoms with Crippen molar-refractivity contribution >= 4 is 29.0 Å². The van der Waals surface area contributed by atoms with Gasteiger partial charge in [-0.15, -0.1) is 0 Å². The zero-order valence-electron chi connectivity index (χ0n) is 10.2. The number of nitrogens with zero attached hydrogens (tertiary/aromatic N) is 2. The molecule has 0 aliphatic rings. The third kappa shape index (κ3) is 4.62. The lowest BCUT2D eigenvalue weighted by molar-refractivity contribution is -0.143. The van der Waals surface area contributed by atoms with E-state index in [0.29, 0.717) is 37.5 Å². The molecule has 1 aromatic heterocycles. The van der Waals surface area contributed by atoms with Gasteiger partial charge in [-0.25, -0.2) is 9.97 Å². The Kier molecular flexibility index (Phi) is 5.99. The van der Waals surface area contributed by atoms with Crippen molar-refractivity contribution in [1.29, 1.82) is 0 Å². The van der Waals surface area contributed by atoms with Gasteiger partial charge in [0.25, 0.3) is 0 Å². The Morgan fingerprint density at radius 2 is 2.22 bits per heavy atom. The molecule has 1 heterocycles. The Morgan fingerprint density at radius 1 is 1.50 bits per heavy atom. The average Bonchev–Trinajstić information content (AvgIpc) is 2.35. The van der Waals surface area contributed by atoms with Crippen LogP contribution in [-0.2, 0) is 9.53 Å². The fourth-order valence-corrected chi connectivity index (χ4v) is 1.47. The van der Waals surface area contributed by atoms with E-state index in [4.69, 9.17) is 22.7 Å². The van der Waals surface area contributed by atoms with Crippen molar-refractivity contribution in [2.45, 2.75) is 19.8 Å². The number of rotatable bonds is 7. The van der Waals surface area contributed by atoms with E-state index < -0.39 is 0 Å². The average molecular weight is 268 g/mol. The molecule has 0 fully saturated rings. The van der Waals surface area contributed by atoms with Gasteiger partial charge < -0.3 is 15.8 Å². The molecule has 0 aliphatic carbocycles. The van der Waals surface area contributed by atoms with Crippen molar-refractivity contribution in [3.8, 4) is 0 Å². The highest BCUT2D eigenvalue weighted by Crippen LogP contribution is 2.08. The number of hydrogen-bond acceptors (Lipinski definition) is 6. The van der Waals surface area contributed by atoms with Gasteiger partial charge in [0.2, 0.25) is 0 Å². The van der Waals surface area contributed by atoms with E-state index in [0.717, 1.165) is 0 Å². The molecule has 98 valence electrons. The molecular weight excluding hydrogens is 252 g/mol. The van der Waals surface area contributed by atoms with E-state index in [1.807, 2.05) is 0 Å². The molecule has 0 atom stereocenters. The molecule has 0 aliphatic heterocycles. The van der Waals surface area contributed by atoms with Gasteiger partial charge in [-0.05, 0) is 13.3 Å². The van der Waals surface area contributed by atoms with Gasteiger partial charge in [-0.2, -0.15) is 0 Å². The van der Waals surface area contributed by atoms with Gasteiger partial charge in [0.15, 0.2) is 5.82 Å². The molecule has 18 heavy (non-hydrogen) atoms. The SMILES string of the molecule is CCOC(=O)CCCNc1nccnc1C(N)=S. The molecule has 0 radical (unpaired) electrons. The predicted octanol–water partition coefficient (Wildman–Crippen LogP) is 0.866. The number of anilines is 1. The highest BCUT2D eigenvalue weighted by Gasteiger charge is 2.07. The van der Waals surface area contributed by atoms with Gasteiger partial charge in [0, 0.05) is 25.4 Å². The van der Waals surface area contributed by atoms with Gasteiger partial charge in [-0.1, -0.05) is 12.2 Å². The number of nitrogens with two attached hydrogens (primary N) is 1. The molecule has 0 spiro atoms. The number of carbonyl (C=O) groups is 1. The van der Waals surface area contributed by atoms with Crippen LogP contribution in [0.1, 0.15) is 25.5 Å². The minimum Gasteiger partial charge on any atom is -0.466 e. The topological polar surface area (TPSA) is 90.1 Å². The standard InChI is InChI=1S/C11H16N4O2S/c1-2-17-8(16)4-3-5-14-11-9(10(12)18)13-6-7-15-11/h6-7H,2-5H2,1H3,(H2,12,18)(H,14,15). The number of aromatic nitrogens is 2. The lowest BCUT2D eigenvalue weighted by Gasteiger charge is -2.08. The molecule has 1 rings (SSSR count). The van der Waals surface area contributed by atoms with Crippen LogP contribution in [0.15, 0.2) is 12.4 Å². The van der Waals surface area contributed by atoms with E-state index in [2.05, 4.69) is 15.3 Å². The predicted molar refractivity (Wildman–Crippen MR) is 72.3 cm³/mol. The summed E-state index contributed by atoms with van der Waals surface area (Å²) >= 11 is 4.87. The zero-order chi connectivity index (χ0) is 13.4. The fraction of sp³-hybridized carbons (Fsp3) is 0.455. The highest BCUT2D eigenvalue weighted by atomic mass is 32.1. The Bertz CT molecular complexity index is 425. The minimum atomic E-state index is -0.201. The molecule has 0 amide bonds. The van der Waals surface area contributed by atoms with E-state index in [1.165, 1.54) is 6.20 Å². The Hall–Kier alpha value is -1.76. The van der Waals surface area contributed by atoms with Gasteiger partial charge in [0.05, 0.1) is 6.61 Å². The van der Waals surface area contributed by atoms with Crippen LogP contribution in [0.4, 0.5) is 5.82 Å². The Balaban J connectivity index is 2.40. The van der Waals surface area contributed by atoms with Gasteiger partial charge >= 0.3 is 5.97 Å². The van der Waals surface area contributed by atoms with Crippen LogP contribution < -0.4 is 11.1 Å². The van der Waals surface area contributed by atoms with Crippen LogP contribution in [0.5, 0.6) is 0 Å². The quantitative estimate of drug-likeness (QED) is 0.430. The third-order valence-electron chi connectivity index (χ3n) is 2.09. The highest BCUT2D eigenvalue weighted by molar-refractivity contribution is 7.80. The summed E-state index contributed by atoms with van der Waals surface area (Å²) in [5.74, 6) is 0.335. The zero-order valence-corrected chi connectivity index (χ0v) is 11.0. The second kappa shape index (κ2) is 7.54. The van der Waals surface area contributed by atoms with Crippen LogP contribution in [-0.4, -0.2) is 34.1 Å². The molecule has 0 saturated carbocycles. The molecule has 6 nitrogen and oxygen atoms in total. The summed E-state index contributed by atoms with van der Waals surface area (Å²) in [6.07, 6.45) is 4.09. The fourth-order valence-electron chi connectivity index (χ4n) is 1.32. The minimum absolute atomic E-state index is 0.191. The van der Waals surface area contributed by atoms with Crippen LogP contribution >= 0.6 is 12.2 Å². The molecular formula is C11H16N4O2S. The number of hydrogen-bond donors (Lipinski definition) is 2. The Labute approximate surface area is 111 Å². The van der Waals surface area contributed by atoms with Crippen molar-refractivity contribution in [3.63, 3.8) is 0 Å². The number of carbonyl (C=O) groups excluding carboxylic acids is 1.